The zero-order valence-corrected chi connectivity index (χ0v) is 13.1. The smallest absolute Gasteiger partial charge is 0.335 e. The van der Waals surface area contributed by atoms with Crippen LogP contribution in [-0.4, -0.2) is 28.7 Å². The fraction of sp³-hybridized carbons (Fsp3) is 0.533. The first-order valence-corrected chi connectivity index (χ1v) is 8.10. The summed E-state index contributed by atoms with van der Waals surface area (Å²) in [5, 5.41) is 0.694. The van der Waals surface area contributed by atoms with E-state index in [0.29, 0.717) is 17.4 Å². The lowest BCUT2D eigenvalue weighted by Crippen LogP contribution is -2.41. The van der Waals surface area contributed by atoms with Crippen LogP contribution in [0.5, 0.6) is 0 Å². The van der Waals surface area contributed by atoms with Crippen molar-refractivity contribution >= 4 is 21.8 Å². The maximum Gasteiger partial charge on any atom is 0.416 e. The van der Waals surface area contributed by atoms with Gasteiger partial charge < -0.3 is 4.90 Å². The van der Waals surface area contributed by atoms with E-state index in [1.54, 1.807) is 4.90 Å². The summed E-state index contributed by atoms with van der Waals surface area (Å²) >= 11 is 3.42. The number of alkyl halides is 4. The molecule has 1 heterocycles. The lowest BCUT2D eigenvalue weighted by molar-refractivity contribution is -0.137. The molecule has 116 valence electrons. The van der Waals surface area contributed by atoms with E-state index in [-0.39, 0.29) is 11.9 Å². The molecule has 0 aliphatic carbocycles. The second-order valence-electron chi connectivity index (χ2n) is 5.23. The van der Waals surface area contributed by atoms with Crippen molar-refractivity contribution < 1.29 is 18.0 Å². The molecular formula is C15H17BrF3NO. The summed E-state index contributed by atoms with van der Waals surface area (Å²) in [6.45, 7) is 0.663. The number of amides is 1. The molecule has 1 aliphatic heterocycles. The second-order valence-corrected chi connectivity index (χ2v) is 5.88. The Labute approximate surface area is 130 Å². The molecule has 1 atom stereocenters. The van der Waals surface area contributed by atoms with E-state index < -0.39 is 11.7 Å². The maximum absolute atomic E-state index is 12.5. The molecule has 0 bridgehead atoms. The summed E-state index contributed by atoms with van der Waals surface area (Å²) in [7, 11) is 0. The topological polar surface area (TPSA) is 20.3 Å². The van der Waals surface area contributed by atoms with Crippen LogP contribution < -0.4 is 0 Å². The van der Waals surface area contributed by atoms with Gasteiger partial charge in [0.1, 0.15) is 0 Å². The normalized spacial score (nSPS) is 20.2. The summed E-state index contributed by atoms with van der Waals surface area (Å²) in [5.74, 6) is -0.185. The molecule has 0 saturated carbocycles. The first-order chi connectivity index (χ1) is 9.93. The van der Waals surface area contributed by atoms with Crippen molar-refractivity contribution in [1.29, 1.82) is 0 Å². The number of carbonyl (C=O) groups excluding carboxylic acids is 1. The van der Waals surface area contributed by atoms with E-state index in [1.165, 1.54) is 12.1 Å². The molecule has 6 heteroatoms. The Morgan fingerprint density at radius 1 is 1.19 bits per heavy atom. The van der Waals surface area contributed by atoms with Gasteiger partial charge >= 0.3 is 6.18 Å². The number of benzene rings is 1. The van der Waals surface area contributed by atoms with Crippen molar-refractivity contribution in [2.45, 2.75) is 37.9 Å². The van der Waals surface area contributed by atoms with Crippen molar-refractivity contribution in [2.75, 3.05) is 11.9 Å². The van der Waals surface area contributed by atoms with Gasteiger partial charge in [-0.15, -0.1) is 0 Å². The quantitative estimate of drug-likeness (QED) is 0.709. The van der Waals surface area contributed by atoms with Crippen LogP contribution in [0.1, 0.15) is 41.6 Å². The van der Waals surface area contributed by atoms with Gasteiger partial charge in [0.05, 0.1) is 5.56 Å². The molecular weight excluding hydrogens is 347 g/mol. The highest BCUT2D eigenvalue weighted by Crippen LogP contribution is 2.29. The van der Waals surface area contributed by atoms with Gasteiger partial charge in [-0.2, -0.15) is 13.2 Å². The van der Waals surface area contributed by atoms with Crippen LogP contribution in [0.15, 0.2) is 24.3 Å². The number of rotatable bonds is 2. The Bertz CT molecular complexity index is 487. The van der Waals surface area contributed by atoms with Crippen LogP contribution in [0.4, 0.5) is 13.2 Å². The lowest BCUT2D eigenvalue weighted by Gasteiger charge is -2.29. The molecule has 1 unspecified atom stereocenters. The summed E-state index contributed by atoms with van der Waals surface area (Å²) in [6, 6.07) is 4.58. The standard InChI is InChI=1S/C15H17BrF3NO/c16-10-13-4-2-1-3-9-20(13)14(21)11-5-7-12(8-6-11)15(17,18)19/h5-8,13H,1-4,9-10H2. The lowest BCUT2D eigenvalue weighted by atomic mass is 10.1. The largest absolute Gasteiger partial charge is 0.416 e. The molecule has 0 N–H and O–H groups in total. The fourth-order valence-corrected chi connectivity index (χ4v) is 3.25. The molecule has 2 rings (SSSR count). The fourth-order valence-electron chi connectivity index (χ4n) is 2.57. The van der Waals surface area contributed by atoms with Crippen molar-refractivity contribution in [3.05, 3.63) is 35.4 Å². The third-order valence-electron chi connectivity index (χ3n) is 3.78. The van der Waals surface area contributed by atoms with Gasteiger partial charge in [0.15, 0.2) is 0 Å². The Morgan fingerprint density at radius 3 is 2.43 bits per heavy atom. The minimum Gasteiger partial charge on any atom is -0.335 e. The molecule has 1 aromatic carbocycles. The van der Waals surface area contributed by atoms with Crippen molar-refractivity contribution in [3.63, 3.8) is 0 Å². The van der Waals surface area contributed by atoms with Crippen LogP contribution in [-0.2, 0) is 6.18 Å². The van der Waals surface area contributed by atoms with Crippen LogP contribution in [0, 0.1) is 0 Å². The minimum atomic E-state index is -4.37. The van der Waals surface area contributed by atoms with Crippen LogP contribution in [0.3, 0.4) is 0 Å². The summed E-state index contributed by atoms with van der Waals surface area (Å²) < 4.78 is 37.6. The molecule has 0 spiro atoms. The van der Waals surface area contributed by atoms with Crippen molar-refractivity contribution in [1.82, 2.24) is 4.90 Å². The van der Waals surface area contributed by atoms with Crippen molar-refractivity contribution in [3.8, 4) is 0 Å². The molecule has 1 fully saturated rings. The number of carbonyl (C=O) groups is 1. The average Bonchev–Trinajstić information content (AvgIpc) is 2.70. The molecule has 21 heavy (non-hydrogen) atoms. The van der Waals surface area contributed by atoms with Gasteiger partial charge in [0.25, 0.3) is 5.91 Å². The second kappa shape index (κ2) is 6.81. The Balaban J connectivity index is 2.18. The van der Waals surface area contributed by atoms with Gasteiger partial charge in [-0.05, 0) is 37.1 Å². The van der Waals surface area contributed by atoms with E-state index in [0.717, 1.165) is 37.8 Å². The Kier molecular flexibility index (Phi) is 5.30. The van der Waals surface area contributed by atoms with Gasteiger partial charge in [-0.25, -0.2) is 0 Å². The predicted octanol–water partition coefficient (Wildman–Crippen LogP) is 4.49. The Morgan fingerprint density at radius 2 is 1.86 bits per heavy atom. The zero-order chi connectivity index (χ0) is 15.5. The third kappa shape index (κ3) is 3.99. The summed E-state index contributed by atoms with van der Waals surface area (Å²) in [5.41, 5.74) is -0.414. The highest BCUT2D eigenvalue weighted by atomic mass is 79.9. The van der Waals surface area contributed by atoms with E-state index in [4.69, 9.17) is 0 Å². The zero-order valence-electron chi connectivity index (χ0n) is 11.5. The molecule has 1 saturated heterocycles. The van der Waals surface area contributed by atoms with Gasteiger partial charge in [0, 0.05) is 23.5 Å². The SMILES string of the molecule is O=C(c1ccc(C(F)(F)F)cc1)N1CCCCCC1CBr. The van der Waals surface area contributed by atoms with E-state index in [2.05, 4.69) is 15.9 Å². The first kappa shape index (κ1) is 16.3. The molecule has 1 aliphatic rings. The molecule has 2 nitrogen and oxygen atoms in total. The minimum absolute atomic E-state index is 0.113. The highest BCUT2D eigenvalue weighted by molar-refractivity contribution is 9.09. The van der Waals surface area contributed by atoms with Crippen molar-refractivity contribution in [2.24, 2.45) is 0 Å². The molecule has 0 radical (unpaired) electrons. The van der Waals surface area contributed by atoms with Gasteiger partial charge in [0.2, 0.25) is 0 Å². The predicted molar refractivity (Wildman–Crippen MR) is 78.5 cm³/mol. The molecule has 1 amide bonds. The first-order valence-electron chi connectivity index (χ1n) is 6.97. The maximum atomic E-state index is 12.5. The monoisotopic (exact) mass is 363 g/mol. The van der Waals surface area contributed by atoms with E-state index >= 15 is 0 Å². The number of likely N-dealkylation sites (tertiary alicyclic amines) is 1. The number of hydrogen-bond donors (Lipinski definition) is 0. The van der Waals surface area contributed by atoms with Crippen LogP contribution in [0.2, 0.25) is 0 Å². The van der Waals surface area contributed by atoms with Gasteiger partial charge in [-0.1, -0.05) is 28.8 Å². The molecule has 1 aromatic rings. The van der Waals surface area contributed by atoms with E-state index in [1.807, 2.05) is 0 Å². The van der Waals surface area contributed by atoms with E-state index in [9.17, 15) is 18.0 Å². The highest BCUT2D eigenvalue weighted by Gasteiger charge is 2.31. The Hall–Kier alpha value is -1.04. The number of nitrogens with zero attached hydrogens (tertiary/aromatic N) is 1. The third-order valence-corrected chi connectivity index (χ3v) is 4.52. The van der Waals surface area contributed by atoms with Crippen LogP contribution >= 0.6 is 15.9 Å². The average molecular weight is 364 g/mol. The number of halogens is 4. The summed E-state index contributed by atoms with van der Waals surface area (Å²) in [6.07, 6.45) is -0.344. The van der Waals surface area contributed by atoms with Gasteiger partial charge in [-0.3, -0.25) is 4.79 Å². The van der Waals surface area contributed by atoms with Crippen LogP contribution in [0.25, 0.3) is 0 Å². The summed E-state index contributed by atoms with van der Waals surface area (Å²) in [4.78, 5) is 14.3. The molecule has 0 aromatic heterocycles. The number of hydrogen-bond acceptors (Lipinski definition) is 1.